The first-order chi connectivity index (χ1) is 15.4. The Balaban J connectivity index is 1.52. The van der Waals surface area contributed by atoms with Gasteiger partial charge in [0.25, 0.3) is 0 Å². The Hall–Kier alpha value is -2.79. The fourth-order valence-corrected chi connectivity index (χ4v) is 6.06. The first-order valence-corrected chi connectivity index (χ1v) is 12.4. The van der Waals surface area contributed by atoms with Gasteiger partial charge in [0.1, 0.15) is 6.04 Å². The summed E-state index contributed by atoms with van der Waals surface area (Å²) in [4.78, 5) is 17.7. The smallest absolute Gasteiger partial charge is 0.250 e. The van der Waals surface area contributed by atoms with E-state index < -0.39 is 15.9 Å². The molecule has 0 radical (unpaired) electrons. The Bertz CT molecular complexity index is 1240. The summed E-state index contributed by atoms with van der Waals surface area (Å²) in [7, 11) is -1.66. The van der Waals surface area contributed by atoms with Gasteiger partial charge in [0.2, 0.25) is 5.91 Å². The average molecular weight is 459 g/mol. The summed E-state index contributed by atoms with van der Waals surface area (Å²) in [6.45, 7) is 1.34. The van der Waals surface area contributed by atoms with Crippen molar-refractivity contribution in [1.29, 1.82) is 0 Å². The molecule has 1 saturated heterocycles. The van der Waals surface area contributed by atoms with E-state index in [1.54, 1.807) is 34.9 Å². The predicted molar refractivity (Wildman–Crippen MR) is 117 cm³/mol. The van der Waals surface area contributed by atoms with E-state index in [0.717, 1.165) is 12.8 Å². The molecule has 2 fully saturated rings. The summed E-state index contributed by atoms with van der Waals surface area (Å²) < 4.78 is 34.5. The standard InChI is InChI=1S/C21H26N6O4S/c1-26-7-4-20(25-26)24-21(28)17(10-14-5-8-31-9-6-14)27-18-12-22-13-19(16(18)11-23-27)32(29,30)15-2-3-15/h4,7,11-15,17H,2-3,5-6,8-10H2,1H3,(H,24,25,28). The number of aromatic nitrogens is 5. The molecule has 1 atom stereocenters. The van der Waals surface area contributed by atoms with Crippen LogP contribution in [-0.2, 0) is 26.4 Å². The van der Waals surface area contributed by atoms with Crippen LogP contribution >= 0.6 is 0 Å². The Morgan fingerprint density at radius 3 is 2.69 bits per heavy atom. The predicted octanol–water partition coefficient (Wildman–Crippen LogP) is 2.10. The molecule has 1 N–H and O–H groups in total. The third-order valence-corrected chi connectivity index (χ3v) is 8.51. The van der Waals surface area contributed by atoms with Crippen LogP contribution in [0, 0.1) is 5.92 Å². The molecular weight excluding hydrogens is 432 g/mol. The maximum atomic E-state index is 13.3. The molecule has 2 aliphatic rings. The topological polar surface area (TPSA) is 121 Å². The summed E-state index contributed by atoms with van der Waals surface area (Å²) >= 11 is 0. The molecule has 32 heavy (non-hydrogen) atoms. The van der Waals surface area contributed by atoms with E-state index in [2.05, 4.69) is 20.5 Å². The third kappa shape index (κ3) is 4.02. The lowest BCUT2D eigenvalue weighted by Crippen LogP contribution is -2.30. The van der Waals surface area contributed by atoms with Crippen LogP contribution in [0.15, 0.2) is 35.7 Å². The molecule has 1 unspecified atom stereocenters. The Morgan fingerprint density at radius 1 is 1.22 bits per heavy atom. The molecule has 1 aliphatic carbocycles. The van der Waals surface area contributed by atoms with Crippen molar-refractivity contribution in [2.45, 2.75) is 48.3 Å². The van der Waals surface area contributed by atoms with E-state index in [1.165, 1.54) is 12.4 Å². The molecular formula is C21H26N6O4S. The van der Waals surface area contributed by atoms with Crippen molar-refractivity contribution in [2.75, 3.05) is 18.5 Å². The zero-order valence-corrected chi connectivity index (χ0v) is 18.7. The highest BCUT2D eigenvalue weighted by molar-refractivity contribution is 7.92. The molecule has 1 aliphatic heterocycles. The van der Waals surface area contributed by atoms with Crippen molar-refractivity contribution in [3.63, 3.8) is 0 Å². The number of carbonyl (C=O) groups is 1. The number of nitrogens with one attached hydrogen (secondary N) is 1. The maximum Gasteiger partial charge on any atom is 0.250 e. The Morgan fingerprint density at radius 2 is 2.00 bits per heavy atom. The molecule has 1 saturated carbocycles. The van der Waals surface area contributed by atoms with Crippen molar-refractivity contribution >= 4 is 32.5 Å². The van der Waals surface area contributed by atoms with Gasteiger partial charge in [0, 0.05) is 44.1 Å². The van der Waals surface area contributed by atoms with Crippen LogP contribution < -0.4 is 5.32 Å². The van der Waals surface area contributed by atoms with Crippen LogP contribution in [-0.4, -0.2) is 57.3 Å². The molecule has 3 aromatic rings. The van der Waals surface area contributed by atoms with Crippen LogP contribution in [0.4, 0.5) is 5.82 Å². The Kier molecular flexibility index (Phi) is 5.46. The number of hydrogen-bond donors (Lipinski definition) is 1. The van der Waals surface area contributed by atoms with Crippen molar-refractivity contribution in [3.05, 3.63) is 30.9 Å². The van der Waals surface area contributed by atoms with Gasteiger partial charge in [0.05, 0.1) is 28.1 Å². The summed E-state index contributed by atoms with van der Waals surface area (Å²) in [5.74, 6) is 0.519. The second kappa shape index (κ2) is 8.28. The lowest BCUT2D eigenvalue weighted by molar-refractivity contribution is -0.120. The van der Waals surface area contributed by atoms with Crippen molar-refractivity contribution in [1.82, 2.24) is 24.5 Å². The molecule has 4 heterocycles. The lowest BCUT2D eigenvalue weighted by Gasteiger charge is -2.26. The molecule has 3 aromatic heterocycles. The number of hydrogen-bond acceptors (Lipinski definition) is 7. The number of amides is 1. The molecule has 0 aromatic carbocycles. The summed E-state index contributed by atoms with van der Waals surface area (Å²) in [6.07, 6.45) is 9.92. The molecule has 0 bridgehead atoms. The average Bonchev–Trinajstić information content (AvgIpc) is 3.46. The first-order valence-electron chi connectivity index (χ1n) is 10.9. The summed E-state index contributed by atoms with van der Waals surface area (Å²) in [5, 5.41) is 11.8. The number of fused-ring (bicyclic) bond motifs is 1. The number of pyridine rings is 1. The van der Waals surface area contributed by atoms with Gasteiger partial charge in [-0.15, -0.1) is 0 Å². The fourth-order valence-electron chi connectivity index (χ4n) is 4.28. The molecule has 5 rings (SSSR count). The third-order valence-electron chi connectivity index (χ3n) is 6.22. The van der Waals surface area contributed by atoms with Gasteiger partial charge in [-0.3, -0.25) is 19.1 Å². The monoisotopic (exact) mass is 458 g/mol. The Labute approximate surface area is 185 Å². The van der Waals surface area contributed by atoms with Crippen molar-refractivity contribution in [2.24, 2.45) is 13.0 Å². The van der Waals surface area contributed by atoms with Crippen LogP contribution in [0.5, 0.6) is 0 Å². The minimum Gasteiger partial charge on any atom is -0.381 e. The number of sulfone groups is 1. The van der Waals surface area contributed by atoms with E-state index in [0.29, 0.717) is 55.1 Å². The number of nitrogens with zero attached hydrogens (tertiary/aromatic N) is 5. The van der Waals surface area contributed by atoms with Crippen LogP contribution in [0.1, 0.15) is 38.1 Å². The van der Waals surface area contributed by atoms with Gasteiger partial charge in [-0.25, -0.2) is 8.42 Å². The normalized spacial score (nSPS) is 18.7. The fraction of sp³-hybridized carbons (Fsp3) is 0.524. The van der Waals surface area contributed by atoms with Gasteiger partial charge in [0.15, 0.2) is 15.7 Å². The quantitative estimate of drug-likeness (QED) is 0.575. The summed E-state index contributed by atoms with van der Waals surface area (Å²) in [5.41, 5.74) is 0.542. The van der Waals surface area contributed by atoms with Crippen LogP contribution in [0.3, 0.4) is 0 Å². The van der Waals surface area contributed by atoms with Gasteiger partial charge in [-0.05, 0) is 38.0 Å². The van der Waals surface area contributed by atoms with Gasteiger partial charge in [-0.1, -0.05) is 0 Å². The van der Waals surface area contributed by atoms with E-state index in [9.17, 15) is 13.2 Å². The largest absolute Gasteiger partial charge is 0.381 e. The number of carbonyl (C=O) groups excluding carboxylic acids is 1. The van der Waals surface area contributed by atoms with Crippen LogP contribution in [0.2, 0.25) is 0 Å². The van der Waals surface area contributed by atoms with E-state index in [4.69, 9.17) is 4.74 Å². The SMILES string of the molecule is Cn1ccc(NC(=O)C(CC2CCOCC2)n2ncc3c(S(=O)(=O)C4CC4)cncc32)n1. The van der Waals surface area contributed by atoms with Gasteiger partial charge in [-0.2, -0.15) is 10.2 Å². The number of aryl methyl sites for hydroxylation is 1. The maximum absolute atomic E-state index is 13.3. The van der Waals surface area contributed by atoms with E-state index >= 15 is 0 Å². The van der Waals surface area contributed by atoms with E-state index in [-0.39, 0.29) is 16.1 Å². The zero-order valence-electron chi connectivity index (χ0n) is 17.8. The minimum absolute atomic E-state index is 0.193. The zero-order chi connectivity index (χ0) is 22.3. The minimum atomic E-state index is -3.44. The molecule has 170 valence electrons. The molecule has 0 spiro atoms. The molecule has 11 heteroatoms. The highest BCUT2D eigenvalue weighted by Crippen LogP contribution is 2.37. The first kappa shape index (κ1) is 21.1. The summed E-state index contributed by atoms with van der Waals surface area (Å²) in [6, 6.07) is 1.10. The van der Waals surface area contributed by atoms with Gasteiger partial charge < -0.3 is 10.1 Å². The number of anilines is 1. The van der Waals surface area contributed by atoms with Crippen LogP contribution in [0.25, 0.3) is 10.9 Å². The second-order valence-corrected chi connectivity index (χ2v) is 10.8. The van der Waals surface area contributed by atoms with Crippen molar-refractivity contribution < 1.29 is 17.9 Å². The highest BCUT2D eigenvalue weighted by Gasteiger charge is 2.39. The molecule has 10 nitrogen and oxygen atoms in total. The molecule has 1 amide bonds. The van der Waals surface area contributed by atoms with Crippen molar-refractivity contribution in [3.8, 4) is 0 Å². The number of ether oxygens (including phenoxy) is 1. The van der Waals surface area contributed by atoms with Gasteiger partial charge >= 0.3 is 0 Å². The number of rotatable bonds is 7. The van der Waals surface area contributed by atoms with E-state index in [1.807, 2.05) is 0 Å². The highest BCUT2D eigenvalue weighted by atomic mass is 32.2. The second-order valence-electron chi connectivity index (χ2n) is 8.58. The lowest BCUT2D eigenvalue weighted by atomic mass is 9.92.